The van der Waals surface area contributed by atoms with Crippen molar-refractivity contribution in [2.24, 2.45) is 0 Å². The molecule has 0 aromatic carbocycles. The van der Waals surface area contributed by atoms with Gasteiger partial charge in [-0.05, 0) is 32.7 Å². The fourth-order valence-corrected chi connectivity index (χ4v) is 3.17. The molecule has 3 heterocycles. The summed E-state index contributed by atoms with van der Waals surface area (Å²) >= 11 is 0. The number of rotatable bonds is 4. The second-order valence-electron chi connectivity index (χ2n) is 5.94. The van der Waals surface area contributed by atoms with Crippen LogP contribution in [0.2, 0.25) is 0 Å². The van der Waals surface area contributed by atoms with Crippen LogP contribution in [0.3, 0.4) is 0 Å². The van der Waals surface area contributed by atoms with E-state index >= 15 is 0 Å². The number of hydrogen-bond donors (Lipinski definition) is 1. The highest BCUT2D eigenvalue weighted by molar-refractivity contribution is 5.82. The number of nitrogens with zero attached hydrogens (tertiary/aromatic N) is 4. The molecule has 1 amide bonds. The third-order valence-corrected chi connectivity index (χ3v) is 4.36. The molecule has 2 saturated heterocycles. The van der Waals surface area contributed by atoms with Gasteiger partial charge < -0.3 is 19.9 Å². The average Bonchev–Trinajstić information content (AvgIpc) is 2.99. The van der Waals surface area contributed by atoms with E-state index in [2.05, 4.69) is 20.2 Å². The Labute approximate surface area is 137 Å². The molecule has 1 unspecified atom stereocenters. The van der Waals surface area contributed by atoms with Crippen molar-refractivity contribution in [3.8, 4) is 5.88 Å². The summed E-state index contributed by atoms with van der Waals surface area (Å²) in [6.45, 7) is 6.62. The molecule has 1 atom stereocenters. The van der Waals surface area contributed by atoms with Crippen LogP contribution >= 0.6 is 0 Å². The number of hydrogen-bond acceptors (Lipinski definition) is 6. The maximum Gasteiger partial charge on any atom is 0.239 e. The van der Waals surface area contributed by atoms with Gasteiger partial charge in [0.05, 0.1) is 12.6 Å². The Bertz CT molecular complexity index is 533. The zero-order valence-corrected chi connectivity index (χ0v) is 13.7. The van der Waals surface area contributed by atoms with Gasteiger partial charge in [0.15, 0.2) is 0 Å². The molecule has 1 N–H and O–H groups in total. The zero-order chi connectivity index (χ0) is 16.1. The van der Waals surface area contributed by atoms with Gasteiger partial charge in [-0.3, -0.25) is 4.79 Å². The monoisotopic (exact) mass is 319 g/mol. The van der Waals surface area contributed by atoms with E-state index in [-0.39, 0.29) is 11.9 Å². The minimum absolute atomic E-state index is 0.0130. The van der Waals surface area contributed by atoms with Gasteiger partial charge in [-0.1, -0.05) is 0 Å². The molecule has 1 aromatic heterocycles. The highest BCUT2D eigenvalue weighted by atomic mass is 16.5. The lowest BCUT2D eigenvalue weighted by molar-refractivity contribution is -0.132. The SMILES string of the molecule is CCOc1ccnc(N2CCCN(C(=O)C3CCCN3)CC2)n1. The Kier molecular flexibility index (Phi) is 5.27. The minimum atomic E-state index is 0.0130. The topological polar surface area (TPSA) is 70.6 Å². The number of anilines is 1. The van der Waals surface area contributed by atoms with Crippen molar-refractivity contribution in [2.75, 3.05) is 44.2 Å². The maximum atomic E-state index is 12.5. The molecule has 1 aromatic rings. The number of ether oxygens (including phenoxy) is 1. The Hall–Kier alpha value is -1.89. The molecule has 0 saturated carbocycles. The summed E-state index contributed by atoms with van der Waals surface area (Å²) < 4.78 is 5.44. The lowest BCUT2D eigenvalue weighted by atomic mass is 10.2. The molecule has 0 radical (unpaired) electrons. The van der Waals surface area contributed by atoms with Crippen molar-refractivity contribution >= 4 is 11.9 Å². The van der Waals surface area contributed by atoms with Crippen LogP contribution in [0.4, 0.5) is 5.95 Å². The third-order valence-electron chi connectivity index (χ3n) is 4.36. The maximum absolute atomic E-state index is 12.5. The summed E-state index contributed by atoms with van der Waals surface area (Å²) in [6.07, 6.45) is 4.71. The second-order valence-corrected chi connectivity index (χ2v) is 5.94. The predicted molar refractivity (Wildman–Crippen MR) is 87.6 cm³/mol. The van der Waals surface area contributed by atoms with E-state index in [1.165, 1.54) is 0 Å². The summed E-state index contributed by atoms with van der Waals surface area (Å²) in [5.41, 5.74) is 0. The first kappa shape index (κ1) is 16.0. The summed E-state index contributed by atoms with van der Waals surface area (Å²) in [5.74, 6) is 1.53. The Morgan fingerprint density at radius 3 is 3.04 bits per heavy atom. The summed E-state index contributed by atoms with van der Waals surface area (Å²) in [6, 6.07) is 1.78. The molecule has 7 heteroatoms. The first-order valence-corrected chi connectivity index (χ1v) is 8.51. The number of nitrogens with one attached hydrogen (secondary N) is 1. The lowest BCUT2D eigenvalue weighted by Crippen LogP contribution is -2.45. The van der Waals surface area contributed by atoms with E-state index in [1.54, 1.807) is 12.3 Å². The number of carbonyl (C=O) groups excluding carboxylic acids is 1. The van der Waals surface area contributed by atoms with Crippen LogP contribution in [-0.4, -0.2) is 66.1 Å². The lowest BCUT2D eigenvalue weighted by Gasteiger charge is -2.24. The first-order valence-electron chi connectivity index (χ1n) is 8.51. The molecule has 2 fully saturated rings. The molecule has 7 nitrogen and oxygen atoms in total. The molecule has 0 aliphatic carbocycles. The van der Waals surface area contributed by atoms with Gasteiger partial charge in [-0.25, -0.2) is 4.98 Å². The van der Waals surface area contributed by atoms with Crippen LogP contribution in [0.5, 0.6) is 5.88 Å². The van der Waals surface area contributed by atoms with E-state index in [9.17, 15) is 4.79 Å². The summed E-state index contributed by atoms with van der Waals surface area (Å²) in [7, 11) is 0. The van der Waals surface area contributed by atoms with Crippen LogP contribution in [0.15, 0.2) is 12.3 Å². The number of aromatic nitrogens is 2. The summed E-state index contributed by atoms with van der Waals surface area (Å²) in [5, 5.41) is 3.29. The molecule has 2 aliphatic rings. The van der Waals surface area contributed by atoms with Gasteiger partial charge in [-0.2, -0.15) is 4.98 Å². The smallest absolute Gasteiger partial charge is 0.239 e. The van der Waals surface area contributed by atoms with Crippen LogP contribution in [0.25, 0.3) is 0 Å². The Balaban J connectivity index is 1.61. The molecule has 126 valence electrons. The van der Waals surface area contributed by atoms with Crippen molar-refractivity contribution in [1.29, 1.82) is 0 Å². The standard InChI is InChI=1S/C16H25N5O2/c1-2-23-14-6-8-18-16(19-14)21-10-4-9-20(11-12-21)15(22)13-5-3-7-17-13/h6,8,13,17H,2-5,7,9-12H2,1H3. The quantitative estimate of drug-likeness (QED) is 0.879. The molecule has 0 bridgehead atoms. The van der Waals surface area contributed by atoms with Crippen LogP contribution in [0.1, 0.15) is 26.2 Å². The third kappa shape index (κ3) is 3.90. The van der Waals surface area contributed by atoms with Gasteiger partial charge in [0.25, 0.3) is 0 Å². The van der Waals surface area contributed by atoms with E-state index in [0.29, 0.717) is 18.4 Å². The fraction of sp³-hybridized carbons (Fsp3) is 0.688. The average molecular weight is 319 g/mol. The Morgan fingerprint density at radius 1 is 1.35 bits per heavy atom. The fourth-order valence-electron chi connectivity index (χ4n) is 3.17. The zero-order valence-electron chi connectivity index (χ0n) is 13.7. The molecular formula is C16H25N5O2. The summed E-state index contributed by atoms with van der Waals surface area (Å²) in [4.78, 5) is 25.5. The van der Waals surface area contributed by atoms with Gasteiger partial charge >= 0.3 is 0 Å². The van der Waals surface area contributed by atoms with Crippen LogP contribution < -0.4 is 15.0 Å². The van der Waals surface area contributed by atoms with Gasteiger partial charge in [0.2, 0.25) is 17.7 Å². The van der Waals surface area contributed by atoms with E-state index in [4.69, 9.17) is 4.74 Å². The van der Waals surface area contributed by atoms with Gasteiger partial charge in [-0.15, -0.1) is 0 Å². The van der Waals surface area contributed by atoms with Gasteiger partial charge in [0.1, 0.15) is 0 Å². The molecule has 2 aliphatic heterocycles. The van der Waals surface area contributed by atoms with E-state index in [1.807, 2.05) is 11.8 Å². The van der Waals surface area contributed by atoms with Crippen molar-refractivity contribution in [3.05, 3.63) is 12.3 Å². The molecule has 23 heavy (non-hydrogen) atoms. The van der Waals surface area contributed by atoms with Gasteiger partial charge in [0, 0.05) is 38.4 Å². The number of amides is 1. The molecule has 0 spiro atoms. The first-order chi connectivity index (χ1) is 11.3. The normalized spacial score (nSPS) is 22.0. The minimum Gasteiger partial charge on any atom is -0.478 e. The highest BCUT2D eigenvalue weighted by Gasteiger charge is 2.28. The van der Waals surface area contributed by atoms with Crippen LogP contribution in [-0.2, 0) is 4.79 Å². The van der Waals surface area contributed by atoms with E-state index in [0.717, 1.165) is 52.0 Å². The van der Waals surface area contributed by atoms with E-state index < -0.39 is 0 Å². The molecule has 3 rings (SSSR count). The van der Waals surface area contributed by atoms with Crippen LogP contribution in [0, 0.1) is 0 Å². The largest absolute Gasteiger partial charge is 0.478 e. The number of carbonyl (C=O) groups is 1. The Morgan fingerprint density at radius 2 is 2.26 bits per heavy atom. The van der Waals surface area contributed by atoms with Crippen molar-refractivity contribution < 1.29 is 9.53 Å². The molecular weight excluding hydrogens is 294 g/mol. The van der Waals surface area contributed by atoms with Crippen molar-refractivity contribution in [2.45, 2.75) is 32.2 Å². The van der Waals surface area contributed by atoms with Crippen molar-refractivity contribution in [1.82, 2.24) is 20.2 Å². The second kappa shape index (κ2) is 7.59. The highest BCUT2D eigenvalue weighted by Crippen LogP contribution is 2.16. The van der Waals surface area contributed by atoms with Crippen molar-refractivity contribution in [3.63, 3.8) is 0 Å². The predicted octanol–water partition coefficient (Wildman–Crippen LogP) is 0.666.